The molecule has 0 amide bonds. The van der Waals surface area contributed by atoms with Gasteiger partial charge in [0.2, 0.25) is 0 Å². The van der Waals surface area contributed by atoms with Gasteiger partial charge >= 0.3 is 6.18 Å². The van der Waals surface area contributed by atoms with Gasteiger partial charge in [0, 0.05) is 22.7 Å². The largest absolute Gasteiger partial charge is 0.416 e. The highest BCUT2D eigenvalue weighted by atomic mass is 28.4. The van der Waals surface area contributed by atoms with Gasteiger partial charge in [0.1, 0.15) is 6.10 Å². The molecule has 0 spiro atoms. The van der Waals surface area contributed by atoms with Gasteiger partial charge in [-0.15, -0.1) is 0 Å². The summed E-state index contributed by atoms with van der Waals surface area (Å²) in [7, 11) is -2.15. The molecule has 2 saturated carbocycles. The molecule has 1 N–H and O–H groups in total. The van der Waals surface area contributed by atoms with Crippen molar-refractivity contribution in [2.75, 3.05) is 0 Å². The van der Waals surface area contributed by atoms with Crippen molar-refractivity contribution in [1.82, 2.24) is 4.98 Å². The summed E-state index contributed by atoms with van der Waals surface area (Å²) in [5, 5.41) is 12.2. The second kappa shape index (κ2) is 11.3. The van der Waals surface area contributed by atoms with Crippen molar-refractivity contribution in [3.05, 3.63) is 63.5 Å². The second-order valence-corrected chi connectivity index (χ2v) is 20.3. The summed E-state index contributed by atoms with van der Waals surface area (Å²) < 4.78 is 47.5. The molecule has 1 aromatic carbocycles. The van der Waals surface area contributed by atoms with Crippen molar-refractivity contribution in [3.8, 4) is 0 Å². The SMILES string of the molecule is CC1(C)Cc2nc(C3CCCC3)c([C@H](O)c3ccc(C(F)(F)F)cc3)c(C3CCCC3)c2[C@@H](O[Si](C)(C)C(C)(C)C)C1. The van der Waals surface area contributed by atoms with Gasteiger partial charge in [0.05, 0.1) is 17.4 Å². The minimum Gasteiger partial charge on any atom is -0.410 e. The van der Waals surface area contributed by atoms with Gasteiger partial charge in [-0.2, -0.15) is 13.2 Å². The van der Waals surface area contributed by atoms with Crippen molar-refractivity contribution >= 4 is 8.32 Å². The second-order valence-electron chi connectivity index (χ2n) is 15.6. The molecule has 5 rings (SSSR count). The number of aromatic nitrogens is 1. The van der Waals surface area contributed by atoms with Crippen LogP contribution >= 0.6 is 0 Å². The number of aliphatic hydroxyl groups excluding tert-OH is 1. The average Bonchev–Trinajstić information content (AvgIpc) is 3.60. The molecule has 3 aliphatic carbocycles. The topological polar surface area (TPSA) is 42.4 Å². The van der Waals surface area contributed by atoms with E-state index in [4.69, 9.17) is 9.41 Å². The lowest BCUT2D eigenvalue weighted by Gasteiger charge is -2.45. The number of rotatable bonds is 6. The molecular formula is C35H50F3NO2Si. The number of aliphatic hydroxyl groups is 1. The molecule has 2 aromatic rings. The van der Waals surface area contributed by atoms with Crippen LogP contribution < -0.4 is 0 Å². The Bertz CT molecular complexity index is 1270. The fourth-order valence-corrected chi connectivity index (χ4v) is 8.70. The smallest absolute Gasteiger partial charge is 0.410 e. The maximum absolute atomic E-state index is 13.4. The Balaban J connectivity index is 1.74. The Morgan fingerprint density at radius 1 is 0.905 bits per heavy atom. The summed E-state index contributed by atoms with van der Waals surface area (Å²) in [6.45, 7) is 16.1. The van der Waals surface area contributed by atoms with E-state index in [0.717, 1.165) is 93.3 Å². The van der Waals surface area contributed by atoms with Crippen LogP contribution in [0.2, 0.25) is 18.1 Å². The molecule has 0 bridgehead atoms. The van der Waals surface area contributed by atoms with Crippen LogP contribution in [0.25, 0.3) is 0 Å². The maximum atomic E-state index is 13.4. The number of halogens is 3. The van der Waals surface area contributed by atoms with E-state index in [0.29, 0.717) is 11.5 Å². The summed E-state index contributed by atoms with van der Waals surface area (Å²) >= 11 is 0. The Hall–Kier alpha value is -1.70. The number of alkyl halides is 3. The Morgan fingerprint density at radius 3 is 1.98 bits per heavy atom. The Morgan fingerprint density at radius 2 is 1.45 bits per heavy atom. The molecule has 42 heavy (non-hydrogen) atoms. The van der Waals surface area contributed by atoms with Crippen molar-refractivity contribution in [3.63, 3.8) is 0 Å². The fourth-order valence-electron chi connectivity index (χ4n) is 7.43. The van der Waals surface area contributed by atoms with Gasteiger partial charge in [0.15, 0.2) is 8.32 Å². The van der Waals surface area contributed by atoms with Crippen LogP contribution in [0.3, 0.4) is 0 Å². The number of nitrogens with zero attached hydrogens (tertiary/aromatic N) is 1. The normalized spacial score (nSPS) is 22.9. The molecule has 2 atom stereocenters. The zero-order valence-corrected chi connectivity index (χ0v) is 27.6. The average molecular weight is 602 g/mol. The van der Waals surface area contributed by atoms with E-state index in [1.54, 1.807) is 0 Å². The summed E-state index contributed by atoms with van der Waals surface area (Å²) in [5.41, 5.74) is 5.22. The predicted molar refractivity (Wildman–Crippen MR) is 165 cm³/mol. The fraction of sp³-hybridized carbons (Fsp3) is 0.686. The molecule has 0 unspecified atom stereocenters. The number of pyridine rings is 1. The molecule has 3 nitrogen and oxygen atoms in total. The first-order valence-corrected chi connectivity index (χ1v) is 19.0. The molecule has 0 saturated heterocycles. The molecule has 232 valence electrons. The lowest BCUT2D eigenvalue weighted by molar-refractivity contribution is -0.137. The molecule has 3 aliphatic rings. The monoisotopic (exact) mass is 601 g/mol. The van der Waals surface area contributed by atoms with Crippen molar-refractivity contribution < 1.29 is 22.7 Å². The van der Waals surface area contributed by atoms with Crippen LogP contribution in [0, 0.1) is 5.41 Å². The molecule has 2 fully saturated rings. The van der Waals surface area contributed by atoms with E-state index in [-0.39, 0.29) is 22.5 Å². The quantitative estimate of drug-likeness (QED) is 0.335. The van der Waals surface area contributed by atoms with E-state index in [2.05, 4.69) is 47.7 Å². The zero-order valence-electron chi connectivity index (χ0n) is 26.6. The van der Waals surface area contributed by atoms with Crippen LogP contribution in [0.1, 0.15) is 156 Å². The maximum Gasteiger partial charge on any atom is 0.416 e. The van der Waals surface area contributed by atoms with Crippen LogP contribution in [-0.4, -0.2) is 18.4 Å². The summed E-state index contributed by atoms with van der Waals surface area (Å²) in [6.07, 6.45) is 4.99. The van der Waals surface area contributed by atoms with Gasteiger partial charge in [-0.1, -0.05) is 72.4 Å². The van der Waals surface area contributed by atoms with Gasteiger partial charge in [0.25, 0.3) is 0 Å². The van der Waals surface area contributed by atoms with Gasteiger partial charge < -0.3 is 9.53 Å². The van der Waals surface area contributed by atoms with Crippen LogP contribution in [0.4, 0.5) is 13.2 Å². The molecule has 1 heterocycles. The third-order valence-corrected chi connectivity index (χ3v) is 15.2. The molecular weight excluding hydrogens is 551 g/mol. The van der Waals surface area contributed by atoms with Gasteiger partial charge in [-0.05, 0) is 91.2 Å². The lowest BCUT2D eigenvalue weighted by Crippen LogP contribution is -2.44. The third kappa shape index (κ3) is 6.25. The van der Waals surface area contributed by atoms with E-state index in [1.807, 2.05) is 0 Å². The third-order valence-electron chi connectivity index (χ3n) is 10.7. The van der Waals surface area contributed by atoms with E-state index < -0.39 is 26.2 Å². The first kappa shape index (κ1) is 31.7. The van der Waals surface area contributed by atoms with Crippen LogP contribution in [0.5, 0.6) is 0 Å². The van der Waals surface area contributed by atoms with Crippen molar-refractivity contribution in [1.29, 1.82) is 0 Å². The molecule has 0 radical (unpaired) electrons. The first-order chi connectivity index (χ1) is 19.5. The van der Waals surface area contributed by atoms with Gasteiger partial charge in [-0.3, -0.25) is 4.98 Å². The summed E-state index contributed by atoms with van der Waals surface area (Å²) in [6, 6.07) is 5.11. The standard InChI is InChI=1S/C35H50F3NO2Si/c1-33(2,3)42(6,7)41-27-21-34(4,5)20-26-29(27)28(22-12-8-9-13-22)30(31(39-26)23-14-10-11-15-23)32(40)24-16-18-25(19-17-24)35(36,37)38/h16-19,22-23,27,32,40H,8-15,20-21H2,1-7H3/t27-,32+/m0/s1. The zero-order chi connectivity index (χ0) is 30.7. The minimum absolute atomic E-state index is 0.0283. The Labute approximate surface area is 251 Å². The number of hydrogen-bond donors (Lipinski definition) is 1. The number of fused-ring (bicyclic) bond motifs is 1. The highest BCUT2D eigenvalue weighted by molar-refractivity contribution is 6.74. The molecule has 1 aromatic heterocycles. The lowest BCUT2D eigenvalue weighted by atomic mass is 9.70. The van der Waals surface area contributed by atoms with Crippen molar-refractivity contribution in [2.24, 2.45) is 5.41 Å². The summed E-state index contributed by atoms with van der Waals surface area (Å²) in [4.78, 5) is 5.46. The minimum atomic E-state index is -4.41. The number of hydrogen-bond acceptors (Lipinski definition) is 3. The summed E-state index contributed by atoms with van der Waals surface area (Å²) in [5.74, 6) is 0.562. The highest BCUT2D eigenvalue weighted by Crippen LogP contribution is 2.54. The van der Waals surface area contributed by atoms with Crippen molar-refractivity contribution in [2.45, 2.75) is 147 Å². The molecule has 0 aliphatic heterocycles. The number of benzene rings is 1. The van der Waals surface area contributed by atoms with Crippen LogP contribution in [0.15, 0.2) is 24.3 Å². The van der Waals surface area contributed by atoms with E-state index in [1.165, 1.54) is 23.3 Å². The highest BCUT2D eigenvalue weighted by Gasteiger charge is 2.46. The van der Waals surface area contributed by atoms with Crippen LogP contribution in [-0.2, 0) is 17.0 Å². The first-order valence-electron chi connectivity index (χ1n) is 16.1. The molecule has 7 heteroatoms. The van der Waals surface area contributed by atoms with E-state index in [9.17, 15) is 18.3 Å². The predicted octanol–water partition coefficient (Wildman–Crippen LogP) is 10.5. The van der Waals surface area contributed by atoms with E-state index >= 15 is 0 Å². The Kier molecular flexibility index (Phi) is 8.56. The van der Waals surface area contributed by atoms with Gasteiger partial charge in [-0.25, -0.2) is 0 Å².